The number of carbonyl (C=O) groups excluding carboxylic acids is 1. The molecule has 4 nitrogen and oxygen atoms in total. The molecule has 0 aromatic heterocycles. The normalized spacial score (nSPS) is 11.9. The number of carbonyl (C=O) groups is 2. The number of carboxylic acids is 1. The fraction of sp³-hybridized carbons (Fsp3) is 0.333. The van der Waals surface area contributed by atoms with Gasteiger partial charge in [-0.1, -0.05) is 12.1 Å². The fourth-order valence-corrected chi connectivity index (χ4v) is 1.85. The van der Waals surface area contributed by atoms with Gasteiger partial charge in [0, 0.05) is 0 Å². The molecule has 0 aliphatic heterocycles. The van der Waals surface area contributed by atoms with Gasteiger partial charge in [0.1, 0.15) is 11.9 Å². The van der Waals surface area contributed by atoms with Gasteiger partial charge >= 0.3 is 5.97 Å². The van der Waals surface area contributed by atoms with Crippen LogP contribution >= 0.6 is 11.8 Å². The van der Waals surface area contributed by atoms with Gasteiger partial charge in [0.05, 0.1) is 5.56 Å². The van der Waals surface area contributed by atoms with Crippen LogP contribution in [0.15, 0.2) is 24.3 Å². The van der Waals surface area contributed by atoms with Crippen LogP contribution in [-0.2, 0) is 4.79 Å². The van der Waals surface area contributed by atoms with Crippen LogP contribution in [-0.4, -0.2) is 35.0 Å². The molecule has 6 heteroatoms. The summed E-state index contributed by atoms with van der Waals surface area (Å²) in [6, 6.07) is 4.47. The highest BCUT2D eigenvalue weighted by molar-refractivity contribution is 7.98. The Bertz CT molecular complexity index is 439. The van der Waals surface area contributed by atoms with Gasteiger partial charge in [-0.2, -0.15) is 11.8 Å². The van der Waals surface area contributed by atoms with Crippen molar-refractivity contribution in [3.8, 4) is 0 Å². The van der Waals surface area contributed by atoms with Crippen molar-refractivity contribution in [3.05, 3.63) is 35.6 Å². The Morgan fingerprint density at radius 3 is 2.67 bits per heavy atom. The predicted octanol–water partition coefficient (Wildman–Crippen LogP) is 1.76. The number of benzene rings is 1. The van der Waals surface area contributed by atoms with E-state index in [0.29, 0.717) is 12.2 Å². The highest BCUT2D eigenvalue weighted by Gasteiger charge is 2.21. The smallest absolute Gasteiger partial charge is 0.326 e. The molecule has 18 heavy (non-hydrogen) atoms. The van der Waals surface area contributed by atoms with Crippen molar-refractivity contribution in [3.63, 3.8) is 0 Å². The van der Waals surface area contributed by atoms with Crippen molar-refractivity contribution in [2.45, 2.75) is 12.5 Å². The molecule has 0 saturated heterocycles. The van der Waals surface area contributed by atoms with Crippen LogP contribution in [0.2, 0.25) is 0 Å². The summed E-state index contributed by atoms with van der Waals surface area (Å²) in [7, 11) is 0. The molecule has 1 rings (SSSR count). The Balaban J connectivity index is 2.72. The molecule has 1 atom stereocenters. The molecule has 0 heterocycles. The monoisotopic (exact) mass is 271 g/mol. The van der Waals surface area contributed by atoms with E-state index in [2.05, 4.69) is 5.32 Å². The van der Waals surface area contributed by atoms with Crippen LogP contribution in [0.3, 0.4) is 0 Å². The molecular weight excluding hydrogens is 257 g/mol. The number of thioether (sulfide) groups is 1. The van der Waals surface area contributed by atoms with E-state index in [1.807, 2.05) is 6.26 Å². The van der Waals surface area contributed by atoms with Crippen LogP contribution in [0.25, 0.3) is 0 Å². The lowest BCUT2D eigenvalue weighted by atomic mass is 10.1. The SMILES string of the molecule is CSCC[C@@H](NC(=O)c1ccccc1F)C(=O)O. The molecule has 0 fully saturated rings. The van der Waals surface area contributed by atoms with Gasteiger partial charge in [-0.15, -0.1) is 0 Å². The summed E-state index contributed by atoms with van der Waals surface area (Å²) in [6.07, 6.45) is 2.15. The summed E-state index contributed by atoms with van der Waals surface area (Å²) >= 11 is 1.48. The maximum Gasteiger partial charge on any atom is 0.326 e. The summed E-state index contributed by atoms with van der Waals surface area (Å²) < 4.78 is 13.3. The molecule has 0 spiro atoms. The maximum absolute atomic E-state index is 13.3. The summed E-state index contributed by atoms with van der Waals surface area (Å²) in [5.74, 6) is -1.88. The molecule has 98 valence electrons. The van der Waals surface area contributed by atoms with Gasteiger partial charge in [0.2, 0.25) is 0 Å². The van der Waals surface area contributed by atoms with Crippen LogP contribution in [0.5, 0.6) is 0 Å². The zero-order valence-electron chi connectivity index (χ0n) is 9.85. The third-order valence-corrected chi connectivity index (χ3v) is 2.98. The summed E-state index contributed by atoms with van der Waals surface area (Å²) in [4.78, 5) is 22.7. The lowest BCUT2D eigenvalue weighted by Gasteiger charge is -2.14. The molecule has 0 saturated carbocycles. The van der Waals surface area contributed by atoms with Crippen molar-refractivity contribution < 1.29 is 19.1 Å². The van der Waals surface area contributed by atoms with Crippen molar-refractivity contribution in [2.24, 2.45) is 0 Å². The number of amides is 1. The maximum atomic E-state index is 13.3. The Labute approximate surface area is 109 Å². The van der Waals surface area contributed by atoms with Gasteiger partial charge < -0.3 is 10.4 Å². The van der Waals surface area contributed by atoms with E-state index in [1.165, 1.54) is 30.0 Å². The molecule has 1 amide bonds. The zero-order chi connectivity index (χ0) is 13.5. The van der Waals surface area contributed by atoms with E-state index < -0.39 is 23.7 Å². The van der Waals surface area contributed by atoms with Gasteiger partial charge in [0.25, 0.3) is 5.91 Å². The second kappa shape index (κ2) is 7.00. The lowest BCUT2D eigenvalue weighted by molar-refractivity contribution is -0.139. The van der Waals surface area contributed by atoms with Gasteiger partial charge in [-0.05, 0) is 30.6 Å². The van der Waals surface area contributed by atoms with Crippen LogP contribution < -0.4 is 5.32 Å². The summed E-state index contributed by atoms with van der Waals surface area (Å²) in [6.45, 7) is 0. The van der Waals surface area contributed by atoms with E-state index >= 15 is 0 Å². The molecule has 1 aromatic carbocycles. The average Bonchev–Trinajstić information content (AvgIpc) is 2.34. The number of carboxylic acid groups (broad SMARTS) is 1. The van der Waals surface area contributed by atoms with E-state index in [9.17, 15) is 14.0 Å². The topological polar surface area (TPSA) is 66.4 Å². The lowest BCUT2D eigenvalue weighted by Crippen LogP contribution is -2.41. The first-order valence-electron chi connectivity index (χ1n) is 5.33. The number of nitrogens with one attached hydrogen (secondary N) is 1. The number of halogens is 1. The Morgan fingerprint density at radius 2 is 2.11 bits per heavy atom. The van der Waals surface area contributed by atoms with Crippen LogP contribution in [0.4, 0.5) is 4.39 Å². The molecule has 0 unspecified atom stereocenters. The second-order valence-electron chi connectivity index (χ2n) is 3.63. The van der Waals surface area contributed by atoms with Gasteiger partial charge in [-0.25, -0.2) is 9.18 Å². The minimum atomic E-state index is -1.12. The molecule has 0 aliphatic rings. The van der Waals surface area contributed by atoms with E-state index in [4.69, 9.17) is 5.11 Å². The van der Waals surface area contributed by atoms with Gasteiger partial charge in [0.15, 0.2) is 0 Å². The minimum Gasteiger partial charge on any atom is -0.480 e. The van der Waals surface area contributed by atoms with Crippen molar-refractivity contribution >= 4 is 23.6 Å². The second-order valence-corrected chi connectivity index (χ2v) is 4.61. The van der Waals surface area contributed by atoms with Crippen LogP contribution in [0, 0.1) is 5.82 Å². The van der Waals surface area contributed by atoms with E-state index in [1.54, 1.807) is 0 Å². The highest BCUT2D eigenvalue weighted by Crippen LogP contribution is 2.08. The fourth-order valence-electron chi connectivity index (χ4n) is 1.37. The van der Waals surface area contributed by atoms with Crippen LogP contribution in [0.1, 0.15) is 16.8 Å². The third-order valence-electron chi connectivity index (χ3n) is 2.33. The Hall–Kier alpha value is -1.56. The molecule has 0 bridgehead atoms. The third kappa shape index (κ3) is 4.03. The summed E-state index contributed by atoms with van der Waals surface area (Å²) in [5.41, 5.74) is -0.145. The first-order valence-corrected chi connectivity index (χ1v) is 6.72. The number of aliphatic carboxylic acids is 1. The number of rotatable bonds is 6. The summed E-state index contributed by atoms with van der Waals surface area (Å²) in [5, 5.41) is 11.3. The van der Waals surface area contributed by atoms with Gasteiger partial charge in [-0.3, -0.25) is 4.79 Å². The Kier molecular flexibility index (Phi) is 5.64. The molecule has 2 N–H and O–H groups in total. The quantitative estimate of drug-likeness (QED) is 0.827. The van der Waals surface area contributed by atoms with Crippen molar-refractivity contribution in [2.75, 3.05) is 12.0 Å². The first-order chi connectivity index (χ1) is 8.56. The van der Waals surface area contributed by atoms with E-state index in [0.717, 1.165) is 6.07 Å². The molecule has 1 aromatic rings. The number of hydrogen-bond acceptors (Lipinski definition) is 3. The molecule has 0 radical (unpaired) electrons. The van der Waals surface area contributed by atoms with Crippen molar-refractivity contribution in [1.82, 2.24) is 5.32 Å². The van der Waals surface area contributed by atoms with Crippen molar-refractivity contribution in [1.29, 1.82) is 0 Å². The Morgan fingerprint density at radius 1 is 1.44 bits per heavy atom. The minimum absolute atomic E-state index is 0.145. The molecule has 0 aliphatic carbocycles. The largest absolute Gasteiger partial charge is 0.480 e. The number of hydrogen-bond donors (Lipinski definition) is 2. The predicted molar refractivity (Wildman–Crippen MR) is 68.3 cm³/mol. The average molecular weight is 271 g/mol. The molecular formula is C12H14FNO3S. The first kappa shape index (κ1) is 14.5. The zero-order valence-corrected chi connectivity index (χ0v) is 10.7. The highest BCUT2D eigenvalue weighted by atomic mass is 32.2. The standard InChI is InChI=1S/C12H14FNO3S/c1-18-7-6-10(12(16)17)14-11(15)8-4-2-3-5-9(8)13/h2-5,10H,6-7H2,1H3,(H,14,15)(H,16,17)/t10-/m1/s1. The van der Waals surface area contributed by atoms with E-state index in [-0.39, 0.29) is 5.56 Å².